The largest absolute Gasteiger partial charge is 0.329 e. The van der Waals surface area contributed by atoms with Crippen molar-refractivity contribution in [2.45, 2.75) is 31.8 Å². The second-order valence-electron chi connectivity index (χ2n) is 4.98. The fraction of sp³-hybridized carbons (Fsp3) is 0.375. The van der Waals surface area contributed by atoms with E-state index in [9.17, 15) is 0 Å². The van der Waals surface area contributed by atoms with Crippen LogP contribution in [0, 0.1) is 20.8 Å². The molecule has 1 atom stereocenters. The number of hydrogen-bond donors (Lipinski definition) is 1. The summed E-state index contributed by atoms with van der Waals surface area (Å²) in [5, 5.41) is 0.416. The molecule has 0 saturated carbocycles. The lowest BCUT2D eigenvalue weighted by Crippen LogP contribution is -2.08. The molecule has 0 saturated heterocycles. The zero-order valence-corrected chi connectivity index (χ0v) is 13.4. The Balaban J connectivity index is 2.03. The summed E-state index contributed by atoms with van der Waals surface area (Å²) < 4.78 is 0. The van der Waals surface area contributed by atoms with Crippen LogP contribution < -0.4 is 5.73 Å². The highest BCUT2D eigenvalue weighted by Crippen LogP contribution is 2.34. The van der Waals surface area contributed by atoms with Crippen LogP contribution in [0.2, 0.25) is 0 Å². The number of aryl methyl sites for hydroxylation is 3. The summed E-state index contributed by atoms with van der Waals surface area (Å²) in [6, 6.07) is 11.2. The van der Waals surface area contributed by atoms with Crippen molar-refractivity contribution >= 4 is 23.1 Å². The molecule has 0 amide bonds. The summed E-state index contributed by atoms with van der Waals surface area (Å²) in [7, 11) is 0. The first kappa shape index (κ1) is 14.6. The van der Waals surface area contributed by atoms with E-state index >= 15 is 0 Å². The molecule has 102 valence electrons. The highest BCUT2D eigenvalue weighted by Gasteiger charge is 2.12. The molecule has 0 aliphatic rings. The van der Waals surface area contributed by atoms with Gasteiger partial charge in [0.15, 0.2) is 0 Å². The first-order valence-corrected chi connectivity index (χ1v) is 8.40. The van der Waals surface area contributed by atoms with Gasteiger partial charge in [0.2, 0.25) is 0 Å². The van der Waals surface area contributed by atoms with Crippen LogP contribution >= 0.6 is 23.1 Å². The third kappa shape index (κ3) is 4.10. The molecule has 19 heavy (non-hydrogen) atoms. The number of rotatable bonds is 5. The van der Waals surface area contributed by atoms with Crippen molar-refractivity contribution in [3.8, 4) is 0 Å². The molecule has 1 aromatic heterocycles. The molecular weight excluding hydrogens is 270 g/mol. The Kier molecular flexibility index (Phi) is 5.08. The van der Waals surface area contributed by atoms with Crippen LogP contribution in [-0.4, -0.2) is 6.54 Å². The maximum Gasteiger partial charge on any atom is 0.0516 e. The van der Waals surface area contributed by atoms with E-state index in [0.717, 1.165) is 5.75 Å². The summed E-state index contributed by atoms with van der Waals surface area (Å²) in [6.45, 7) is 7.17. The number of thioether (sulfide) groups is 1. The molecule has 0 aliphatic heterocycles. The van der Waals surface area contributed by atoms with Gasteiger partial charge < -0.3 is 5.73 Å². The van der Waals surface area contributed by atoms with Gasteiger partial charge in [-0.05, 0) is 38.5 Å². The van der Waals surface area contributed by atoms with Crippen molar-refractivity contribution in [2.24, 2.45) is 5.73 Å². The van der Waals surface area contributed by atoms with Gasteiger partial charge in [0.1, 0.15) is 0 Å². The van der Waals surface area contributed by atoms with E-state index in [4.69, 9.17) is 5.73 Å². The van der Waals surface area contributed by atoms with E-state index in [1.807, 2.05) is 23.1 Å². The van der Waals surface area contributed by atoms with Gasteiger partial charge in [-0.25, -0.2) is 0 Å². The number of benzene rings is 1. The molecule has 1 nitrogen and oxygen atoms in total. The normalized spacial score (nSPS) is 12.6. The minimum atomic E-state index is 0.416. The second kappa shape index (κ2) is 6.60. The van der Waals surface area contributed by atoms with Gasteiger partial charge in [0.25, 0.3) is 0 Å². The van der Waals surface area contributed by atoms with Gasteiger partial charge in [-0.15, -0.1) is 23.1 Å². The van der Waals surface area contributed by atoms with Crippen molar-refractivity contribution in [2.75, 3.05) is 6.54 Å². The van der Waals surface area contributed by atoms with Crippen LogP contribution in [0.4, 0.5) is 0 Å². The molecular formula is C16H21NS2. The first-order valence-electron chi connectivity index (χ1n) is 6.53. The quantitative estimate of drug-likeness (QED) is 0.871. The number of nitrogens with two attached hydrogens (primary N) is 1. The lowest BCUT2D eigenvalue weighted by molar-refractivity contribution is 0.959. The zero-order chi connectivity index (χ0) is 13.8. The first-order chi connectivity index (χ1) is 9.08. The Morgan fingerprint density at radius 2 is 1.79 bits per heavy atom. The molecule has 0 bridgehead atoms. The van der Waals surface area contributed by atoms with Crippen molar-refractivity contribution in [3.63, 3.8) is 0 Å². The lowest BCUT2D eigenvalue weighted by Gasteiger charge is -2.13. The fourth-order valence-corrected chi connectivity index (χ4v) is 4.40. The molecule has 2 N–H and O–H groups in total. The Hall–Kier alpha value is -0.770. The summed E-state index contributed by atoms with van der Waals surface area (Å²) in [4.78, 5) is 2.76. The third-order valence-electron chi connectivity index (χ3n) is 3.03. The lowest BCUT2D eigenvalue weighted by atomic mass is 10.1. The molecule has 3 heteroatoms. The van der Waals surface area contributed by atoms with Gasteiger partial charge in [0.05, 0.1) is 5.25 Å². The predicted molar refractivity (Wildman–Crippen MR) is 88.1 cm³/mol. The average Bonchev–Trinajstić information content (AvgIpc) is 2.75. The topological polar surface area (TPSA) is 26.0 Å². The van der Waals surface area contributed by atoms with E-state index in [0.29, 0.717) is 11.8 Å². The van der Waals surface area contributed by atoms with Crippen LogP contribution in [0.1, 0.15) is 31.7 Å². The minimum Gasteiger partial charge on any atom is -0.329 e. The Labute approximate surface area is 124 Å². The van der Waals surface area contributed by atoms with Crippen molar-refractivity contribution in [1.29, 1.82) is 0 Å². The van der Waals surface area contributed by atoms with Crippen LogP contribution in [-0.2, 0) is 5.75 Å². The van der Waals surface area contributed by atoms with Gasteiger partial charge in [-0.2, -0.15) is 0 Å². The van der Waals surface area contributed by atoms with E-state index < -0.39 is 0 Å². The molecule has 2 rings (SSSR count). The Morgan fingerprint density at radius 1 is 1.11 bits per heavy atom. The smallest absolute Gasteiger partial charge is 0.0516 e. The van der Waals surface area contributed by atoms with E-state index in [2.05, 4.69) is 51.1 Å². The average molecular weight is 291 g/mol. The summed E-state index contributed by atoms with van der Waals surface area (Å²) in [6.07, 6.45) is 0. The maximum atomic E-state index is 5.92. The molecule has 2 aromatic rings. The van der Waals surface area contributed by atoms with E-state index in [1.54, 1.807) is 0 Å². The highest BCUT2D eigenvalue weighted by atomic mass is 32.2. The zero-order valence-electron chi connectivity index (χ0n) is 11.8. The molecule has 0 aliphatic carbocycles. The summed E-state index contributed by atoms with van der Waals surface area (Å²) >= 11 is 3.80. The molecule has 0 radical (unpaired) electrons. The maximum absolute atomic E-state index is 5.92. The molecule has 1 aromatic carbocycles. The predicted octanol–water partition coefficient (Wildman–Crippen LogP) is 4.61. The van der Waals surface area contributed by atoms with E-state index in [1.165, 1.54) is 26.4 Å². The number of thiophene rings is 1. The highest BCUT2D eigenvalue weighted by molar-refractivity contribution is 7.98. The van der Waals surface area contributed by atoms with Gasteiger partial charge in [-0.3, -0.25) is 0 Å². The van der Waals surface area contributed by atoms with Crippen LogP contribution in [0.5, 0.6) is 0 Å². The number of hydrogen-bond acceptors (Lipinski definition) is 3. The second-order valence-corrected chi connectivity index (χ2v) is 7.49. The Bertz CT molecular complexity index is 525. The Morgan fingerprint density at radius 3 is 2.32 bits per heavy atom. The SMILES string of the molecule is Cc1cc(C)cc(CSC(CN)c2ccc(C)s2)c1. The molecule has 0 spiro atoms. The van der Waals surface area contributed by atoms with Crippen molar-refractivity contribution < 1.29 is 0 Å². The van der Waals surface area contributed by atoms with Crippen molar-refractivity contribution in [3.05, 3.63) is 56.8 Å². The molecule has 1 unspecified atom stereocenters. The van der Waals surface area contributed by atoms with Crippen LogP contribution in [0.25, 0.3) is 0 Å². The van der Waals surface area contributed by atoms with Crippen LogP contribution in [0.15, 0.2) is 30.3 Å². The fourth-order valence-electron chi connectivity index (χ4n) is 2.24. The standard InChI is InChI=1S/C16H21NS2/c1-11-6-12(2)8-14(7-11)10-18-16(9-17)15-5-4-13(3)19-15/h4-8,16H,9-10,17H2,1-3H3. The van der Waals surface area contributed by atoms with Gasteiger partial charge in [0, 0.05) is 22.1 Å². The monoisotopic (exact) mass is 291 g/mol. The molecule has 0 fully saturated rings. The molecule has 1 heterocycles. The minimum absolute atomic E-state index is 0.416. The third-order valence-corrected chi connectivity index (χ3v) is 5.64. The van der Waals surface area contributed by atoms with Crippen LogP contribution in [0.3, 0.4) is 0 Å². The van der Waals surface area contributed by atoms with Gasteiger partial charge >= 0.3 is 0 Å². The van der Waals surface area contributed by atoms with Gasteiger partial charge in [-0.1, -0.05) is 29.3 Å². The van der Waals surface area contributed by atoms with Crippen molar-refractivity contribution in [1.82, 2.24) is 0 Å². The summed E-state index contributed by atoms with van der Waals surface area (Å²) in [5.74, 6) is 1.03. The van der Waals surface area contributed by atoms with E-state index in [-0.39, 0.29) is 0 Å². The summed E-state index contributed by atoms with van der Waals surface area (Å²) in [5.41, 5.74) is 10.0.